The van der Waals surface area contributed by atoms with Gasteiger partial charge >= 0.3 is 0 Å². The van der Waals surface area contributed by atoms with E-state index >= 15 is 0 Å². The summed E-state index contributed by atoms with van der Waals surface area (Å²) in [4.78, 5) is 25.7. The number of aromatic nitrogens is 3. The first-order valence-electron chi connectivity index (χ1n) is 13.0. The Balaban J connectivity index is 1.43. The Hall–Kier alpha value is -3.72. The predicted molar refractivity (Wildman–Crippen MR) is 148 cm³/mol. The highest BCUT2D eigenvalue weighted by molar-refractivity contribution is 6.05. The lowest BCUT2D eigenvalue weighted by atomic mass is 9.99. The van der Waals surface area contributed by atoms with Gasteiger partial charge in [0.05, 0.1) is 29.4 Å². The molecule has 1 unspecified atom stereocenters. The number of hydrogen-bond donors (Lipinski definition) is 3. The molecule has 3 N–H and O–H groups in total. The van der Waals surface area contributed by atoms with Gasteiger partial charge in [-0.3, -0.25) is 9.79 Å². The fourth-order valence-corrected chi connectivity index (χ4v) is 5.10. The summed E-state index contributed by atoms with van der Waals surface area (Å²) in [5, 5.41) is 15.0. The van der Waals surface area contributed by atoms with Crippen molar-refractivity contribution in [3.8, 4) is 0 Å². The zero-order valence-electron chi connectivity index (χ0n) is 22.1. The summed E-state index contributed by atoms with van der Waals surface area (Å²) in [6, 6.07) is 2.03. The van der Waals surface area contributed by atoms with Crippen molar-refractivity contribution in [2.45, 2.75) is 39.7 Å². The summed E-state index contributed by atoms with van der Waals surface area (Å²) in [5.41, 5.74) is 6.08. The van der Waals surface area contributed by atoms with Gasteiger partial charge in [-0.15, -0.1) is 0 Å². The van der Waals surface area contributed by atoms with E-state index in [9.17, 15) is 4.79 Å². The maximum atomic E-state index is 13.5. The summed E-state index contributed by atoms with van der Waals surface area (Å²) >= 11 is 0. The van der Waals surface area contributed by atoms with Gasteiger partial charge in [0.2, 0.25) is 0 Å². The van der Waals surface area contributed by atoms with Crippen LogP contribution >= 0.6 is 0 Å². The molecule has 3 aliphatic heterocycles. The van der Waals surface area contributed by atoms with Gasteiger partial charge < -0.3 is 20.9 Å². The van der Waals surface area contributed by atoms with E-state index < -0.39 is 0 Å². The maximum Gasteiger partial charge on any atom is 0.252 e. The minimum atomic E-state index is -0.152. The zero-order valence-corrected chi connectivity index (χ0v) is 22.1. The number of amides is 1. The normalized spacial score (nSPS) is 20.3. The largest absolute Gasteiger partial charge is 0.359 e. The van der Waals surface area contributed by atoms with E-state index in [1.807, 2.05) is 24.6 Å². The van der Waals surface area contributed by atoms with Crippen LogP contribution in [0.2, 0.25) is 0 Å². The van der Waals surface area contributed by atoms with Gasteiger partial charge in [0.15, 0.2) is 5.65 Å². The van der Waals surface area contributed by atoms with E-state index in [0.717, 1.165) is 71.3 Å². The molecule has 9 nitrogen and oxygen atoms in total. The van der Waals surface area contributed by atoms with Crippen LogP contribution < -0.4 is 16.0 Å². The van der Waals surface area contributed by atoms with Crippen LogP contribution in [0.15, 0.2) is 64.6 Å². The van der Waals surface area contributed by atoms with E-state index in [1.165, 1.54) is 0 Å². The van der Waals surface area contributed by atoms with Crippen molar-refractivity contribution in [2.24, 2.45) is 4.99 Å². The number of rotatable bonds is 5. The second-order valence-electron chi connectivity index (χ2n) is 10.2. The minimum Gasteiger partial charge on any atom is -0.359 e. The van der Waals surface area contributed by atoms with Crippen molar-refractivity contribution < 1.29 is 4.79 Å². The number of allylic oxidation sites excluding steroid dienone is 3. The molecule has 0 aromatic carbocycles. The molecular formula is C28H36N8O. The number of dihydropyridines is 2. The first-order chi connectivity index (χ1) is 17.8. The van der Waals surface area contributed by atoms with Gasteiger partial charge in [0.25, 0.3) is 5.91 Å². The molecule has 2 aromatic heterocycles. The van der Waals surface area contributed by atoms with E-state index in [4.69, 9.17) is 9.98 Å². The number of carbonyl (C=O) groups is 1. The highest BCUT2D eigenvalue weighted by atomic mass is 16.1. The van der Waals surface area contributed by atoms with Gasteiger partial charge in [-0.05, 0) is 57.1 Å². The zero-order chi connectivity index (χ0) is 26.1. The van der Waals surface area contributed by atoms with E-state index in [0.29, 0.717) is 18.7 Å². The van der Waals surface area contributed by atoms with Gasteiger partial charge in [-0.1, -0.05) is 12.7 Å². The van der Waals surface area contributed by atoms with Crippen LogP contribution in [-0.2, 0) is 0 Å². The summed E-state index contributed by atoms with van der Waals surface area (Å²) in [5.74, 6) is 0.873. The number of fused-ring (bicyclic) bond motifs is 1. The average molecular weight is 501 g/mol. The molecule has 0 spiro atoms. The number of piperazine rings is 1. The topological polar surface area (TPSA) is 99.5 Å². The van der Waals surface area contributed by atoms with Crippen LogP contribution in [0.1, 0.15) is 55.7 Å². The molecule has 2 aromatic rings. The van der Waals surface area contributed by atoms with Gasteiger partial charge in [-0.25, -0.2) is 9.67 Å². The Labute approximate surface area is 218 Å². The van der Waals surface area contributed by atoms with E-state index in [2.05, 4.69) is 64.6 Å². The third-order valence-electron chi connectivity index (χ3n) is 7.12. The first-order valence-corrected chi connectivity index (χ1v) is 13.0. The molecule has 0 radical (unpaired) electrons. The molecule has 0 saturated carbocycles. The average Bonchev–Trinajstić information content (AvgIpc) is 3.32. The van der Waals surface area contributed by atoms with Crippen molar-refractivity contribution in [1.29, 1.82) is 0 Å². The molecule has 0 bridgehead atoms. The van der Waals surface area contributed by atoms with Crippen LogP contribution in [-0.4, -0.2) is 70.7 Å². The Morgan fingerprint density at radius 3 is 2.73 bits per heavy atom. The second kappa shape index (κ2) is 10.3. The maximum absolute atomic E-state index is 13.5. The van der Waals surface area contributed by atoms with Crippen LogP contribution in [0, 0.1) is 0 Å². The van der Waals surface area contributed by atoms with Crippen molar-refractivity contribution in [3.63, 3.8) is 0 Å². The standard InChI is InChI=1S/C28H36N8O/c1-17(2)36-27-24(16-32-36)22(28(37)31-15-23-18(3)12-19(4)33-20(23)5)13-25(34-27)21-6-7-26(30-14-21)35-10-8-29-9-11-35/h6-7,12-13,16-17,21,29,33H,5,8-11,14-15H2,1-4H3,(H,31,37). The number of nitrogens with zero attached hydrogens (tertiary/aromatic N) is 5. The summed E-state index contributed by atoms with van der Waals surface area (Å²) in [6.07, 6.45) is 8.07. The van der Waals surface area contributed by atoms with Crippen molar-refractivity contribution in [1.82, 2.24) is 35.6 Å². The SMILES string of the molecule is C=C1NC(C)=CC(C)=C1CNC(=O)c1cc(C2C=CC(N3CCNCC3)=NC2)nc2c1cnn2C(C)C. The first kappa shape index (κ1) is 25.0. The van der Waals surface area contributed by atoms with Crippen LogP contribution in [0.3, 0.4) is 0 Å². The van der Waals surface area contributed by atoms with Crippen LogP contribution in [0.25, 0.3) is 11.0 Å². The van der Waals surface area contributed by atoms with Gasteiger partial charge in [-0.2, -0.15) is 5.10 Å². The Morgan fingerprint density at radius 2 is 2.05 bits per heavy atom. The fraction of sp³-hybridized carbons (Fsp3) is 0.429. The molecular weight excluding hydrogens is 464 g/mol. The lowest BCUT2D eigenvalue weighted by molar-refractivity contribution is 0.0958. The Bertz CT molecular complexity index is 1350. The van der Waals surface area contributed by atoms with Crippen molar-refractivity contribution >= 4 is 22.8 Å². The molecule has 5 rings (SSSR count). The lowest BCUT2D eigenvalue weighted by Crippen LogP contribution is -2.46. The van der Waals surface area contributed by atoms with Gasteiger partial charge in [0.1, 0.15) is 5.84 Å². The molecule has 9 heteroatoms. The predicted octanol–water partition coefficient (Wildman–Crippen LogP) is 3.04. The number of pyridine rings is 1. The lowest BCUT2D eigenvalue weighted by Gasteiger charge is -2.31. The minimum absolute atomic E-state index is 0.00137. The smallest absolute Gasteiger partial charge is 0.252 e. The number of aliphatic imine (C=N–C) groups is 1. The third kappa shape index (κ3) is 5.09. The Morgan fingerprint density at radius 1 is 1.27 bits per heavy atom. The summed E-state index contributed by atoms with van der Waals surface area (Å²) in [7, 11) is 0. The third-order valence-corrected chi connectivity index (χ3v) is 7.12. The van der Waals surface area contributed by atoms with Gasteiger partial charge in [0, 0.05) is 56.1 Å². The van der Waals surface area contributed by atoms with E-state index in [-0.39, 0.29) is 17.9 Å². The highest BCUT2D eigenvalue weighted by Crippen LogP contribution is 2.27. The van der Waals surface area contributed by atoms with Crippen LogP contribution in [0.5, 0.6) is 0 Å². The quantitative estimate of drug-likeness (QED) is 0.584. The number of amidine groups is 1. The molecule has 37 heavy (non-hydrogen) atoms. The Kier molecular flexibility index (Phi) is 6.97. The van der Waals surface area contributed by atoms with E-state index in [1.54, 1.807) is 6.20 Å². The second-order valence-corrected chi connectivity index (χ2v) is 10.2. The molecule has 194 valence electrons. The molecule has 1 fully saturated rings. The molecule has 1 saturated heterocycles. The molecule has 0 aliphatic carbocycles. The molecule has 1 atom stereocenters. The van der Waals surface area contributed by atoms with Crippen LogP contribution in [0.4, 0.5) is 0 Å². The highest BCUT2D eigenvalue weighted by Gasteiger charge is 2.24. The van der Waals surface area contributed by atoms with Crippen molar-refractivity contribution in [2.75, 3.05) is 39.3 Å². The number of hydrogen-bond acceptors (Lipinski definition) is 7. The monoisotopic (exact) mass is 500 g/mol. The fourth-order valence-electron chi connectivity index (χ4n) is 5.10. The molecule has 1 amide bonds. The summed E-state index contributed by atoms with van der Waals surface area (Å²) < 4.78 is 1.88. The van der Waals surface area contributed by atoms with Crippen molar-refractivity contribution in [3.05, 3.63) is 70.9 Å². The molecule has 5 heterocycles. The number of carbonyl (C=O) groups excluding carboxylic acids is 1. The summed E-state index contributed by atoms with van der Waals surface area (Å²) in [6.45, 7) is 17.2. The number of nitrogens with one attached hydrogen (secondary N) is 3. The molecule has 3 aliphatic rings.